The lowest BCUT2D eigenvalue weighted by molar-refractivity contribution is -0.137. The number of alkyl halides is 3. The summed E-state index contributed by atoms with van der Waals surface area (Å²) in [6.45, 7) is 17.8. The van der Waals surface area contributed by atoms with Gasteiger partial charge >= 0.3 is 6.18 Å². The van der Waals surface area contributed by atoms with Crippen LogP contribution in [0.25, 0.3) is 33.5 Å². The van der Waals surface area contributed by atoms with Gasteiger partial charge in [-0.25, -0.2) is 4.98 Å². The molecule has 5 heteroatoms. The lowest BCUT2D eigenvalue weighted by Crippen LogP contribution is -2.44. The summed E-state index contributed by atoms with van der Waals surface area (Å²) >= 11 is 0. The summed E-state index contributed by atoms with van der Waals surface area (Å²) in [7, 11) is 0. The highest BCUT2D eigenvalue weighted by Crippen LogP contribution is 2.67. The number of pyridine rings is 1. The van der Waals surface area contributed by atoms with Crippen molar-refractivity contribution in [3.05, 3.63) is 153 Å². The van der Waals surface area contributed by atoms with Crippen LogP contribution in [0, 0.1) is 13.8 Å². The number of hydrogen-bond donors (Lipinski definition) is 0. The molecular weight excluding hydrogens is 650 g/mol. The van der Waals surface area contributed by atoms with Crippen molar-refractivity contribution in [1.82, 2.24) is 4.98 Å². The molecule has 0 N–H and O–H groups in total. The van der Waals surface area contributed by atoms with Gasteiger partial charge in [0.05, 0.1) is 34.0 Å². The summed E-state index contributed by atoms with van der Waals surface area (Å²) < 4.78 is 43.8. The van der Waals surface area contributed by atoms with Crippen molar-refractivity contribution >= 4 is 17.1 Å². The number of hydrogen-bond acceptors (Lipinski definition) is 2. The molecule has 0 radical (unpaired) electrons. The van der Waals surface area contributed by atoms with Crippen LogP contribution in [0.2, 0.25) is 0 Å². The number of halogens is 3. The minimum Gasteiger partial charge on any atom is -0.307 e. The van der Waals surface area contributed by atoms with Gasteiger partial charge in [-0.15, -0.1) is 0 Å². The number of rotatable bonds is 3. The van der Waals surface area contributed by atoms with Crippen molar-refractivity contribution in [3.63, 3.8) is 0 Å². The third-order valence-corrected chi connectivity index (χ3v) is 12.2. The fourth-order valence-electron chi connectivity index (χ4n) is 9.26. The molecule has 0 bridgehead atoms. The SMILES string of the molecule is Cc1ccc(-c2cc3c4c(n2)C(C)(C)c2cc(-c5ccccc5C(F)(F)F)cc5c2N4c2c(cc(-c4ccccc4)cc2C3(C)C)C5(C)C)c(C)c1. The van der Waals surface area contributed by atoms with Gasteiger partial charge in [0, 0.05) is 21.8 Å². The molecule has 9 rings (SSSR count). The van der Waals surface area contributed by atoms with Gasteiger partial charge in [-0.1, -0.05) is 100.0 Å². The molecule has 260 valence electrons. The van der Waals surface area contributed by atoms with E-state index in [-0.39, 0.29) is 5.56 Å². The number of anilines is 3. The summed E-state index contributed by atoms with van der Waals surface area (Å²) in [4.78, 5) is 7.97. The van der Waals surface area contributed by atoms with Crippen LogP contribution in [0.1, 0.15) is 91.7 Å². The molecule has 0 aliphatic carbocycles. The molecule has 0 fully saturated rings. The average molecular weight is 691 g/mol. The van der Waals surface area contributed by atoms with E-state index in [1.165, 1.54) is 28.8 Å². The molecule has 2 nitrogen and oxygen atoms in total. The molecule has 0 atom stereocenters. The Morgan fingerprint density at radius 2 is 1.06 bits per heavy atom. The second-order valence-corrected chi connectivity index (χ2v) is 16.5. The van der Waals surface area contributed by atoms with Crippen molar-refractivity contribution in [2.75, 3.05) is 4.90 Å². The zero-order chi connectivity index (χ0) is 36.7. The van der Waals surface area contributed by atoms with E-state index in [1.807, 2.05) is 18.2 Å². The molecule has 3 aliphatic heterocycles. The average Bonchev–Trinajstić information content (AvgIpc) is 3.10. The van der Waals surface area contributed by atoms with Crippen LogP contribution in [-0.2, 0) is 22.4 Å². The lowest BCUT2D eigenvalue weighted by Gasteiger charge is -2.55. The molecule has 0 amide bonds. The number of aromatic nitrogens is 1. The number of aryl methyl sites for hydroxylation is 2. The topological polar surface area (TPSA) is 16.1 Å². The van der Waals surface area contributed by atoms with Crippen molar-refractivity contribution in [2.24, 2.45) is 0 Å². The highest BCUT2D eigenvalue weighted by atomic mass is 19.4. The predicted molar refractivity (Wildman–Crippen MR) is 206 cm³/mol. The lowest BCUT2D eigenvalue weighted by atomic mass is 9.61. The van der Waals surface area contributed by atoms with Gasteiger partial charge < -0.3 is 4.90 Å². The number of nitrogens with zero attached hydrogens (tertiary/aromatic N) is 2. The van der Waals surface area contributed by atoms with E-state index in [9.17, 15) is 13.2 Å². The predicted octanol–water partition coefficient (Wildman–Crippen LogP) is 13.1. The van der Waals surface area contributed by atoms with E-state index in [0.29, 0.717) is 5.56 Å². The van der Waals surface area contributed by atoms with E-state index >= 15 is 0 Å². The summed E-state index contributed by atoms with van der Waals surface area (Å²) in [5.41, 5.74) is 15.0. The van der Waals surface area contributed by atoms with E-state index in [1.54, 1.807) is 12.1 Å². The van der Waals surface area contributed by atoms with E-state index < -0.39 is 28.0 Å². The standard InChI is InChI=1S/C47H41F3N2/c1-26-18-19-31(27(2)20-26)39-25-38-42-43(51-39)46(7,8)37-24-30(32-16-12-13-17-33(32)47(48,49)50)23-36-41(37)52(42)40-34(44(36,3)4)21-29(22-35(40)45(38,5)6)28-14-10-9-11-15-28/h9-25H,1-8H3. The van der Waals surface area contributed by atoms with Gasteiger partial charge in [0.15, 0.2) is 0 Å². The second-order valence-electron chi connectivity index (χ2n) is 16.5. The van der Waals surface area contributed by atoms with Crippen molar-refractivity contribution in [1.29, 1.82) is 0 Å². The first-order valence-corrected chi connectivity index (χ1v) is 18.0. The smallest absolute Gasteiger partial charge is 0.307 e. The molecule has 1 aromatic heterocycles. The summed E-state index contributed by atoms with van der Waals surface area (Å²) in [6, 6.07) is 33.9. The summed E-state index contributed by atoms with van der Waals surface area (Å²) in [5, 5.41) is 0. The first kappa shape index (κ1) is 32.7. The van der Waals surface area contributed by atoms with Crippen molar-refractivity contribution in [2.45, 2.75) is 77.8 Å². The monoisotopic (exact) mass is 690 g/mol. The molecule has 0 saturated heterocycles. The van der Waals surface area contributed by atoms with E-state index in [2.05, 4.69) is 121 Å². The third-order valence-electron chi connectivity index (χ3n) is 12.2. The third kappa shape index (κ3) is 4.34. The van der Waals surface area contributed by atoms with Gasteiger partial charge in [-0.2, -0.15) is 13.2 Å². The quantitative estimate of drug-likeness (QED) is 0.184. The van der Waals surface area contributed by atoms with Crippen molar-refractivity contribution < 1.29 is 13.2 Å². The zero-order valence-electron chi connectivity index (χ0n) is 30.8. The second kappa shape index (κ2) is 10.5. The normalized spacial score (nSPS) is 16.8. The minimum atomic E-state index is -4.50. The largest absolute Gasteiger partial charge is 0.417 e. The van der Waals surface area contributed by atoms with Crippen LogP contribution in [0.5, 0.6) is 0 Å². The summed E-state index contributed by atoms with van der Waals surface area (Å²) in [6.07, 6.45) is -4.50. The van der Waals surface area contributed by atoms with Crippen molar-refractivity contribution in [3.8, 4) is 33.5 Å². The van der Waals surface area contributed by atoms with Gasteiger partial charge in [-0.3, -0.25) is 0 Å². The van der Waals surface area contributed by atoms with Crippen LogP contribution in [0.4, 0.5) is 30.2 Å². The zero-order valence-corrected chi connectivity index (χ0v) is 30.8. The Bertz CT molecular complexity index is 2500. The van der Waals surface area contributed by atoms with Crippen LogP contribution in [0.3, 0.4) is 0 Å². The maximum atomic E-state index is 14.6. The van der Waals surface area contributed by atoms with E-state index in [0.717, 1.165) is 67.4 Å². The Balaban J connectivity index is 1.44. The van der Waals surface area contributed by atoms with E-state index in [4.69, 9.17) is 4.98 Å². The van der Waals surface area contributed by atoms with Crippen LogP contribution in [-0.4, -0.2) is 4.98 Å². The first-order valence-electron chi connectivity index (χ1n) is 18.0. The molecule has 0 saturated carbocycles. The maximum absolute atomic E-state index is 14.6. The molecule has 3 aliphatic rings. The minimum absolute atomic E-state index is 0.188. The Morgan fingerprint density at radius 3 is 1.65 bits per heavy atom. The van der Waals surface area contributed by atoms with Crippen LogP contribution in [0.15, 0.2) is 103 Å². The molecule has 0 spiro atoms. The molecule has 6 aromatic rings. The Labute approximate surface area is 304 Å². The van der Waals surface area contributed by atoms with Gasteiger partial charge in [0.2, 0.25) is 0 Å². The summed E-state index contributed by atoms with van der Waals surface area (Å²) in [5.74, 6) is 0. The molecule has 0 unspecified atom stereocenters. The molecule has 4 heterocycles. The van der Waals surface area contributed by atoms with Gasteiger partial charge in [0.25, 0.3) is 0 Å². The Hall–Kier alpha value is -5.16. The molecule has 5 aromatic carbocycles. The number of benzene rings is 5. The Morgan fingerprint density at radius 1 is 0.519 bits per heavy atom. The first-order chi connectivity index (χ1) is 24.5. The van der Waals surface area contributed by atoms with Gasteiger partial charge in [0.1, 0.15) is 0 Å². The molecule has 52 heavy (non-hydrogen) atoms. The maximum Gasteiger partial charge on any atom is 0.417 e. The highest BCUT2D eigenvalue weighted by Gasteiger charge is 2.53. The molecular formula is C47H41F3N2. The van der Waals surface area contributed by atoms with Crippen LogP contribution < -0.4 is 4.90 Å². The fraction of sp³-hybridized carbons (Fsp3) is 0.255. The van der Waals surface area contributed by atoms with Gasteiger partial charge in [-0.05, 0) is 120 Å². The Kier molecular flexibility index (Phi) is 6.59. The fourth-order valence-corrected chi connectivity index (χ4v) is 9.26. The van der Waals surface area contributed by atoms with Crippen LogP contribution >= 0.6 is 0 Å². The highest BCUT2D eigenvalue weighted by molar-refractivity contribution is 6.00.